The fourth-order valence-corrected chi connectivity index (χ4v) is 6.81. The molecule has 0 aliphatic carbocycles. The van der Waals surface area contributed by atoms with Crippen molar-refractivity contribution in [3.8, 4) is 0 Å². The normalized spacial score (nSPS) is 15.0. The third kappa shape index (κ3) is 7.80. The molecule has 2 aromatic carbocycles. The Labute approximate surface area is 271 Å². The molecular formula is C27H29Cl4N4O6S2-. The second-order valence-electron chi connectivity index (χ2n) is 9.77. The predicted molar refractivity (Wildman–Crippen MR) is 170 cm³/mol. The van der Waals surface area contributed by atoms with Gasteiger partial charge >= 0.3 is 0 Å². The van der Waals surface area contributed by atoms with Gasteiger partial charge in [-0.3, -0.25) is 0 Å². The van der Waals surface area contributed by atoms with Crippen molar-refractivity contribution in [2.75, 3.05) is 34.4 Å². The van der Waals surface area contributed by atoms with Crippen LogP contribution in [0.3, 0.4) is 0 Å². The molecule has 0 bridgehead atoms. The van der Waals surface area contributed by atoms with Crippen molar-refractivity contribution in [1.82, 2.24) is 4.57 Å². The number of fused-ring (bicyclic) bond motifs is 2. The van der Waals surface area contributed by atoms with Crippen LogP contribution in [0.1, 0.15) is 32.5 Å². The maximum absolute atomic E-state index is 11.3. The summed E-state index contributed by atoms with van der Waals surface area (Å²) in [7, 11) is -8.80. The highest BCUT2D eigenvalue weighted by Gasteiger charge is 2.31. The minimum Gasteiger partial charge on any atom is -0.748 e. The molecule has 4 rings (SSSR count). The summed E-state index contributed by atoms with van der Waals surface area (Å²) in [4.78, 5) is 3.88. The average molecular weight is 711 g/mol. The largest absolute Gasteiger partial charge is 0.748 e. The lowest BCUT2D eigenvalue weighted by molar-refractivity contribution is -0.673. The third-order valence-corrected chi connectivity index (χ3v) is 10.0. The van der Waals surface area contributed by atoms with Gasteiger partial charge in [0.25, 0.3) is 5.82 Å². The highest BCUT2D eigenvalue weighted by molar-refractivity contribution is 7.85. The van der Waals surface area contributed by atoms with Gasteiger partial charge in [0.15, 0.2) is 11.0 Å². The Hall–Kier alpha value is -2.03. The quantitative estimate of drug-likeness (QED) is 0.175. The topological polar surface area (TPSA) is 130 Å². The van der Waals surface area contributed by atoms with E-state index in [2.05, 4.69) is 0 Å². The zero-order valence-electron chi connectivity index (χ0n) is 23.3. The lowest BCUT2D eigenvalue weighted by atomic mass is 10.2. The molecule has 0 atom stereocenters. The van der Waals surface area contributed by atoms with Gasteiger partial charge in [0.1, 0.15) is 5.82 Å². The van der Waals surface area contributed by atoms with E-state index in [-0.39, 0.29) is 25.9 Å². The van der Waals surface area contributed by atoms with Crippen molar-refractivity contribution < 1.29 is 30.5 Å². The average Bonchev–Trinajstić information content (AvgIpc) is 3.34. The minimum absolute atomic E-state index is 0.0956. The van der Waals surface area contributed by atoms with E-state index in [1.54, 1.807) is 24.3 Å². The minimum atomic E-state index is -4.40. The Balaban J connectivity index is 1.80. The van der Waals surface area contributed by atoms with Gasteiger partial charge < -0.3 is 18.9 Å². The van der Waals surface area contributed by atoms with Crippen LogP contribution in [0.25, 0.3) is 17.1 Å². The number of nitrogens with zero attached hydrogens (tertiary/aromatic N) is 4. The highest BCUT2D eigenvalue weighted by Crippen LogP contribution is 2.45. The number of aromatic nitrogens is 2. The summed E-state index contributed by atoms with van der Waals surface area (Å²) in [5.41, 5.74) is 3.00. The van der Waals surface area contributed by atoms with Crippen molar-refractivity contribution in [2.45, 2.75) is 39.8 Å². The van der Waals surface area contributed by atoms with Gasteiger partial charge in [-0.2, -0.15) is 0 Å². The Bertz CT molecular complexity index is 1820. The molecule has 2 heterocycles. The van der Waals surface area contributed by atoms with Crippen molar-refractivity contribution in [3.05, 3.63) is 68.2 Å². The fourth-order valence-electron chi connectivity index (χ4n) is 5.22. The van der Waals surface area contributed by atoms with Crippen LogP contribution in [0, 0.1) is 0 Å². The zero-order chi connectivity index (χ0) is 31.7. The molecular weight excluding hydrogens is 682 g/mol. The van der Waals surface area contributed by atoms with E-state index in [1.807, 2.05) is 51.0 Å². The SMILES string of the molecule is CCN1/C(=C\C=C\c2n(CC)c3cc(Cl)c(Cl)cc3[n+]2CCCS(=O)(=O)[O-])N(CCCS(=O)(=O)[O-])c2cc(Cl)c(Cl)cc21. The molecule has 234 valence electrons. The summed E-state index contributed by atoms with van der Waals surface area (Å²) in [5.74, 6) is 0.390. The first-order valence-corrected chi connectivity index (χ1v) is 18.0. The lowest BCUT2D eigenvalue weighted by Crippen LogP contribution is -2.37. The number of anilines is 2. The molecule has 0 unspecified atom stereocenters. The predicted octanol–water partition coefficient (Wildman–Crippen LogP) is 5.63. The van der Waals surface area contributed by atoms with Crippen molar-refractivity contribution in [1.29, 1.82) is 0 Å². The first-order chi connectivity index (χ1) is 20.1. The molecule has 0 amide bonds. The van der Waals surface area contributed by atoms with Gasteiger partial charge in [-0.05, 0) is 44.9 Å². The van der Waals surface area contributed by atoms with Gasteiger partial charge in [0.05, 0.1) is 64.8 Å². The van der Waals surface area contributed by atoms with Crippen LogP contribution < -0.4 is 14.4 Å². The molecule has 16 heteroatoms. The zero-order valence-corrected chi connectivity index (χ0v) is 27.9. The first-order valence-electron chi connectivity index (χ1n) is 13.4. The van der Waals surface area contributed by atoms with Gasteiger partial charge in [0, 0.05) is 42.8 Å². The van der Waals surface area contributed by atoms with Crippen LogP contribution in [0.15, 0.2) is 42.2 Å². The van der Waals surface area contributed by atoms with Crippen LogP contribution in [0.5, 0.6) is 0 Å². The number of hydrogen-bond donors (Lipinski definition) is 0. The molecule has 0 N–H and O–H groups in total. The van der Waals surface area contributed by atoms with Crippen molar-refractivity contribution >= 4 is 95.1 Å². The molecule has 0 fully saturated rings. The molecule has 1 aromatic heterocycles. The smallest absolute Gasteiger partial charge is 0.282 e. The fraction of sp³-hybridized carbons (Fsp3) is 0.370. The van der Waals surface area contributed by atoms with Crippen LogP contribution in [-0.2, 0) is 33.3 Å². The van der Waals surface area contributed by atoms with E-state index in [9.17, 15) is 25.9 Å². The molecule has 0 spiro atoms. The Morgan fingerprint density at radius 1 is 0.791 bits per heavy atom. The van der Waals surface area contributed by atoms with E-state index >= 15 is 0 Å². The highest BCUT2D eigenvalue weighted by atomic mass is 35.5. The monoisotopic (exact) mass is 709 g/mol. The summed E-state index contributed by atoms with van der Waals surface area (Å²) in [6.45, 7) is 5.48. The van der Waals surface area contributed by atoms with Crippen LogP contribution >= 0.6 is 46.4 Å². The Morgan fingerprint density at radius 2 is 1.35 bits per heavy atom. The molecule has 0 radical (unpaired) electrons. The summed E-state index contributed by atoms with van der Waals surface area (Å²) >= 11 is 25.3. The van der Waals surface area contributed by atoms with Crippen LogP contribution in [0.4, 0.5) is 11.4 Å². The number of halogens is 4. The number of aryl methyl sites for hydroxylation is 2. The maximum Gasteiger partial charge on any atom is 0.282 e. The van der Waals surface area contributed by atoms with E-state index in [0.29, 0.717) is 44.8 Å². The summed E-state index contributed by atoms with van der Waals surface area (Å²) < 4.78 is 71.7. The molecule has 0 saturated heterocycles. The van der Waals surface area contributed by atoms with E-state index in [4.69, 9.17) is 46.4 Å². The van der Waals surface area contributed by atoms with E-state index < -0.39 is 31.7 Å². The van der Waals surface area contributed by atoms with Crippen LogP contribution in [0.2, 0.25) is 20.1 Å². The number of allylic oxidation sites excluding steroid dienone is 2. The standard InChI is InChI=1S/C27H30Cl4N4O6S2/c1-3-32-22-14-18(28)20(30)16-24(22)34(10-6-12-42(36,37)38)26(32)8-5-9-27-33(4-2)23-15-19(29)21(31)17-25(23)35(27)11-7-13-43(39,40)41/h5,8-9,14-17H,3-4,6-7,10-13H2,1-2H3,(H-,36,37,38,39,40,41)/p-1. The lowest BCUT2D eigenvalue weighted by Gasteiger charge is -2.24. The van der Waals surface area contributed by atoms with Gasteiger partial charge in [-0.25, -0.2) is 26.0 Å². The van der Waals surface area contributed by atoms with E-state index in [0.717, 1.165) is 22.4 Å². The summed E-state index contributed by atoms with van der Waals surface area (Å²) in [6.07, 6.45) is 5.70. The van der Waals surface area contributed by atoms with Crippen molar-refractivity contribution in [2.24, 2.45) is 0 Å². The summed E-state index contributed by atoms with van der Waals surface area (Å²) in [6, 6.07) is 6.90. The van der Waals surface area contributed by atoms with Crippen LogP contribution in [-0.4, -0.2) is 55.1 Å². The molecule has 0 saturated carbocycles. The number of rotatable bonds is 12. The summed E-state index contributed by atoms with van der Waals surface area (Å²) in [5, 5.41) is 1.40. The van der Waals surface area contributed by atoms with Crippen molar-refractivity contribution in [3.63, 3.8) is 0 Å². The van der Waals surface area contributed by atoms with Gasteiger partial charge in [-0.1, -0.05) is 52.5 Å². The number of benzene rings is 2. The third-order valence-electron chi connectivity index (χ3n) is 6.98. The Kier molecular flexibility index (Phi) is 10.7. The molecule has 3 aromatic rings. The number of imidazole rings is 1. The maximum atomic E-state index is 11.3. The Morgan fingerprint density at radius 3 is 1.93 bits per heavy atom. The first kappa shape index (κ1) is 33.9. The second kappa shape index (κ2) is 13.5. The van der Waals surface area contributed by atoms with Gasteiger partial charge in [0.2, 0.25) is 0 Å². The second-order valence-corrected chi connectivity index (χ2v) is 14.5. The van der Waals surface area contributed by atoms with Gasteiger partial charge in [-0.15, -0.1) is 0 Å². The van der Waals surface area contributed by atoms with E-state index in [1.165, 1.54) is 0 Å². The molecule has 1 aliphatic rings. The molecule has 43 heavy (non-hydrogen) atoms. The number of hydrogen-bond acceptors (Lipinski definition) is 8. The molecule has 1 aliphatic heterocycles. The molecule has 10 nitrogen and oxygen atoms in total.